The van der Waals surface area contributed by atoms with E-state index in [0.717, 1.165) is 16.7 Å². The van der Waals surface area contributed by atoms with Gasteiger partial charge in [-0.05, 0) is 12.1 Å². The number of nitrogens with two attached hydrogens (primary N) is 1. The molecule has 26 heavy (non-hydrogen) atoms. The Hall–Kier alpha value is -3.20. The molecule has 0 atom stereocenters. The van der Waals surface area contributed by atoms with E-state index >= 15 is 0 Å². The fourth-order valence-electron chi connectivity index (χ4n) is 2.72. The standard InChI is InChI=1S/C17H16FN3O5/c1-25-6-3-7-26-11-5-2-4-10(18)14(11)21-12(22)8-9-13(15(21)19)17(24)20-16(9)23/h2,4-5,8H,3,6-7,19H2,1H3,(H,20,23,24). The minimum absolute atomic E-state index is 0.0829. The van der Waals surface area contributed by atoms with Crippen LogP contribution in [0.3, 0.4) is 0 Å². The van der Waals surface area contributed by atoms with Crippen LogP contribution in [0.5, 0.6) is 5.75 Å². The number of nitrogen functional groups attached to an aromatic ring is 1. The molecule has 1 aromatic carbocycles. The van der Waals surface area contributed by atoms with Crippen molar-refractivity contribution in [3.05, 3.63) is 51.6 Å². The van der Waals surface area contributed by atoms with Crippen LogP contribution >= 0.6 is 0 Å². The van der Waals surface area contributed by atoms with Crippen molar-refractivity contribution in [2.24, 2.45) is 0 Å². The second kappa shape index (κ2) is 6.96. The van der Waals surface area contributed by atoms with Crippen molar-refractivity contribution in [1.29, 1.82) is 0 Å². The van der Waals surface area contributed by atoms with E-state index in [4.69, 9.17) is 15.2 Å². The number of nitrogens with zero attached hydrogens (tertiary/aromatic N) is 1. The molecule has 0 bridgehead atoms. The van der Waals surface area contributed by atoms with E-state index in [1.165, 1.54) is 12.1 Å². The molecule has 3 N–H and O–H groups in total. The molecule has 0 unspecified atom stereocenters. The molecule has 0 radical (unpaired) electrons. The average molecular weight is 361 g/mol. The van der Waals surface area contributed by atoms with Gasteiger partial charge in [0.15, 0.2) is 5.82 Å². The molecule has 0 saturated carbocycles. The zero-order chi connectivity index (χ0) is 18.8. The molecule has 136 valence electrons. The number of aromatic nitrogens is 1. The van der Waals surface area contributed by atoms with Crippen LogP contribution in [0.15, 0.2) is 29.1 Å². The summed E-state index contributed by atoms with van der Waals surface area (Å²) in [5.74, 6) is -2.46. The number of ether oxygens (including phenoxy) is 2. The number of imide groups is 1. The summed E-state index contributed by atoms with van der Waals surface area (Å²) >= 11 is 0. The lowest BCUT2D eigenvalue weighted by atomic mass is 10.1. The van der Waals surface area contributed by atoms with E-state index in [-0.39, 0.29) is 35.0 Å². The molecule has 0 saturated heterocycles. The van der Waals surface area contributed by atoms with E-state index in [9.17, 15) is 18.8 Å². The van der Waals surface area contributed by atoms with Crippen LogP contribution in [-0.2, 0) is 4.74 Å². The number of methoxy groups -OCH3 is 1. The summed E-state index contributed by atoms with van der Waals surface area (Å²) in [6.45, 7) is 0.677. The predicted octanol–water partition coefficient (Wildman–Crippen LogP) is 0.858. The number of benzene rings is 1. The van der Waals surface area contributed by atoms with Gasteiger partial charge in [0.1, 0.15) is 17.3 Å². The van der Waals surface area contributed by atoms with Gasteiger partial charge in [-0.2, -0.15) is 0 Å². The highest BCUT2D eigenvalue weighted by atomic mass is 19.1. The van der Waals surface area contributed by atoms with Crippen molar-refractivity contribution in [2.75, 3.05) is 26.1 Å². The van der Waals surface area contributed by atoms with E-state index in [1.54, 1.807) is 7.11 Å². The molecular formula is C17H16FN3O5. The van der Waals surface area contributed by atoms with Crippen molar-refractivity contribution in [3.63, 3.8) is 0 Å². The number of amides is 2. The first-order valence-electron chi connectivity index (χ1n) is 7.77. The Kier molecular flexibility index (Phi) is 4.72. The first-order valence-corrected chi connectivity index (χ1v) is 7.77. The van der Waals surface area contributed by atoms with E-state index < -0.39 is 23.2 Å². The number of carbonyl (C=O) groups excluding carboxylic acids is 2. The van der Waals surface area contributed by atoms with Crippen molar-refractivity contribution < 1.29 is 23.5 Å². The third kappa shape index (κ3) is 2.93. The summed E-state index contributed by atoms with van der Waals surface area (Å²) in [6, 6.07) is 5.00. The van der Waals surface area contributed by atoms with E-state index in [1.807, 2.05) is 0 Å². The van der Waals surface area contributed by atoms with Crippen LogP contribution < -0.4 is 21.3 Å². The summed E-state index contributed by atoms with van der Waals surface area (Å²) in [5.41, 5.74) is 4.67. The molecule has 0 fully saturated rings. The van der Waals surface area contributed by atoms with Gasteiger partial charge < -0.3 is 15.2 Å². The highest BCUT2D eigenvalue weighted by Crippen LogP contribution is 2.30. The van der Waals surface area contributed by atoms with Gasteiger partial charge >= 0.3 is 0 Å². The number of hydrogen-bond donors (Lipinski definition) is 2. The predicted molar refractivity (Wildman–Crippen MR) is 90.2 cm³/mol. The second-order valence-electron chi connectivity index (χ2n) is 5.56. The maximum Gasteiger partial charge on any atom is 0.262 e. The maximum absolute atomic E-state index is 14.5. The van der Waals surface area contributed by atoms with Crippen LogP contribution in [-0.4, -0.2) is 36.7 Å². The Labute approximate surface area is 147 Å². The van der Waals surface area contributed by atoms with Gasteiger partial charge in [0, 0.05) is 26.2 Å². The largest absolute Gasteiger partial charge is 0.491 e. The van der Waals surface area contributed by atoms with Crippen molar-refractivity contribution in [3.8, 4) is 11.4 Å². The Morgan fingerprint density at radius 3 is 2.69 bits per heavy atom. The normalized spacial score (nSPS) is 12.8. The maximum atomic E-state index is 14.5. The molecular weight excluding hydrogens is 345 g/mol. The summed E-state index contributed by atoms with van der Waals surface area (Å²) < 4.78 is 25.8. The van der Waals surface area contributed by atoms with Crippen molar-refractivity contribution in [2.45, 2.75) is 6.42 Å². The number of rotatable bonds is 6. The van der Waals surface area contributed by atoms with Crippen molar-refractivity contribution >= 4 is 17.6 Å². The Balaban J connectivity index is 2.13. The van der Waals surface area contributed by atoms with Gasteiger partial charge in [-0.25, -0.2) is 4.39 Å². The highest BCUT2D eigenvalue weighted by Gasteiger charge is 2.32. The number of carbonyl (C=O) groups is 2. The van der Waals surface area contributed by atoms with Crippen LogP contribution in [0.4, 0.5) is 10.2 Å². The van der Waals surface area contributed by atoms with Crippen LogP contribution in [0.2, 0.25) is 0 Å². The number of pyridine rings is 1. The topological polar surface area (TPSA) is 113 Å². The molecule has 2 heterocycles. The zero-order valence-corrected chi connectivity index (χ0v) is 13.9. The Morgan fingerprint density at radius 2 is 1.96 bits per heavy atom. The summed E-state index contributed by atoms with van der Waals surface area (Å²) in [7, 11) is 1.55. The molecule has 1 aliphatic heterocycles. The Bertz CT molecular complexity index is 954. The van der Waals surface area contributed by atoms with Crippen molar-refractivity contribution in [1.82, 2.24) is 9.88 Å². The first-order chi connectivity index (χ1) is 12.5. The molecule has 2 amide bonds. The van der Waals surface area contributed by atoms with Crippen LogP contribution in [0.1, 0.15) is 27.1 Å². The van der Waals surface area contributed by atoms with Gasteiger partial charge in [-0.1, -0.05) is 6.07 Å². The minimum atomic E-state index is -0.757. The SMILES string of the molecule is COCCCOc1cccc(F)c1-n1c(N)c2c(cc1=O)C(=O)NC2=O. The average Bonchev–Trinajstić information content (AvgIpc) is 2.87. The fourth-order valence-corrected chi connectivity index (χ4v) is 2.72. The van der Waals surface area contributed by atoms with Gasteiger partial charge in [0.05, 0.1) is 17.7 Å². The molecule has 9 heteroatoms. The molecule has 1 aromatic heterocycles. The lowest BCUT2D eigenvalue weighted by Gasteiger charge is -2.17. The molecule has 8 nitrogen and oxygen atoms in total. The van der Waals surface area contributed by atoms with Gasteiger partial charge in [0.2, 0.25) is 0 Å². The summed E-state index contributed by atoms with van der Waals surface area (Å²) in [5, 5.41) is 2.06. The molecule has 0 spiro atoms. The molecule has 1 aliphatic rings. The van der Waals surface area contributed by atoms with Gasteiger partial charge in [-0.15, -0.1) is 0 Å². The smallest absolute Gasteiger partial charge is 0.262 e. The number of fused-ring (bicyclic) bond motifs is 1. The van der Waals surface area contributed by atoms with Crippen LogP contribution in [0, 0.1) is 5.82 Å². The number of hydrogen-bond acceptors (Lipinski definition) is 6. The minimum Gasteiger partial charge on any atom is -0.491 e. The quantitative estimate of drug-likeness (QED) is 0.583. The number of nitrogens with one attached hydrogen (secondary N) is 1. The zero-order valence-electron chi connectivity index (χ0n) is 13.9. The van der Waals surface area contributed by atoms with Gasteiger partial charge in [0.25, 0.3) is 17.4 Å². The molecule has 0 aliphatic carbocycles. The number of halogens is 1. The molecule has 3 rings (SSSR count). The number of anilines is 1. The third-order valence-electron chi connectivity index (χ3n) is 3.88. The van der Waals surface area contributed by atoms with E-state index in [2.05, 4.69) is 5.32 Å². The summed E-state index contributed by atoms with van der Waals surface area (Å²) in [6.07, 6.45) is 0.554. The first kappa shape index (κ1) is 17.6. The van der Waals surface area contributed by atoms with Crippen LogP contribution in [0.25, 0.3) is 5.69 Å². The highest BCUT2D eigenvalue weighted by molar-refractivity contribution is 6.23. The van der Waals surface area contributed by atoms with E-state index in [0.29, 0.717) is 13.0 Å². The fraction of sp³-hybridized carbons (Fsp3) is 0.235. The Morgan fingerprint density at radius 1 is 1.19 bits per heavy atom. The second-order valence-corrected chi connectivity index (χ2v) is 5.56. The lowest BCUT2D eigenvalue weighted by molar-refractivity contribution is 0.0880. The third-order valence-corrected chi connectivity index (χ3v) is 3.88. The lowest BCUT2D eigenvalue weighted by Crippen LogP contribution is -2.25. The molecule has 2 aromatic rings. The number of para-hydroxylation sites is 1. The monoisotopic (exact) mass is 361 g/mol. The van der Waals surface area contributed by atoms with Gasteiger partial charge in [-0.3, -0.25) is 24.3 Å². The summed E-state index contributed by atoms with van der Waals surface area (Å²) in [4.78, 5) is 36.1.